The van der Waals surface area contributed by atoms with E-state index in [1.54, 1.807) is 6.07 Å². The highest BCUT2D eigenvalue weighted by molar-refractivity contribution is 6.12. The Morgan fingerprint density at radius 3 is 2.28 bits per heavy atom. The minimum absolute atomic E-state index is 0.0205. The van der Waals surface area contributed by atoms with Crippen molar-refractivity contribution in [3.63, 3.8) is 0 Å². The fourth-order valence-corrected chi connectivity index (χ4v) is 5.22. The second kappa shape index (κ2) is 21.6. The quantitative estimate of drug-likeness (QED) is 0.0138. The van der Waals surface area contributed by atoms with E-state index in [2.05, 4.69) is 16.0 Å². The number of Topliss-reactive ketones (excluding diaryl/α,β-unsaturated/α-hetero) is 1. The highest BCUT2D eigenvalue weighted by Gasteiger charge is 2.41. The van der Waals surface area contributed by atoms with Gasteiger partial charge in [0.15, 0.2) is 29.5 Å². The number of carbonyl (C=O) groups excluding carboxylic acids is 2. The minimum atomic E-state index is -2.06. The Morgan fingerprint density at radius 1 is 0.870 bits per heavy atom. The van der Waals surface area contributed by atoms with Crippen molar-refractivity contribution >= 4 is 41.6 Å². The Morgan fingerprint density at radius 2 is 1.61 bits per heavy atom. The van der Waals surface area contributed by atoms with Crippen LogP contribution in [0.25, 0.3) is 0 Å². The van der Waals surface area contributed by atoms with E-state index < -0.39 is 85.4 Å². The first-order valence-electron chi connectivity index (χ1n) is 16.6. The predicted molar refractivity (Wildman–Crippen MR) is 184 cm³/mol. The van der Waals surface area contributed by atoms with Gasteiger partial charge in [-0.1, -0.05) is 30.3 Å². The highest BCUT2D eigenvalue weighted by atomic mass is 16.6. The summed E-state index contributed by atoms with van der Waals surface area (Å²) in [6.45, 7) is -1.38. The molecule has 0 saturated carbocycles. The zero-order chi connectivity index (χ0) is 39.6. The second-order valence-electron chi connectivity index (χ2n) is 11.7. The average Bonchev–Trinajstić information content (AvgIpc) is 3.11. The third-order valence-electron chi connectivity index (χ3n) is 7.77. The Bertz CT molecular complexity index is 1650. The van der Waals surface area contributed by atoms with Crippen LogP contribution in [0.5, 0.6) is 11.5 Å². The molecule has 1 heterocycles. The Hall–Kier alpha value is -5.83. The number of carbonyl (C=O) groups is 6. The van der Waals surface area contributed by atoms with E-state index in [1.165, 1.54) is 12.1 Å². The van der Waals surface area contributed by atoms with Crippen molar-refractivity contribution < 1.29 is 72.9 Å². The van der Waals surface area contributed by atoms with Crippen LogP contribution in [-0.2, 0) is 51.2 Å². The lowest BCUT2D eigenvalue weighted by Crippen LogP contribution is -2.50. The number of ketones is 1. The molecule has 1 aliphatic rings. The summed E-state index contributed by atoms with van der Waals surface area (Å²) in [4.78, 5) is 72.3. The smallest absolute Gasteiger partial charge is 0.322 e. The summed E-state index contributed by atoms with van der Waals surface area (Å²) in [5.74, 6) is -10.5. The molecule has 0 aliphatic carbocycles. The van der Waals surface area contributed by atoms with Crippen LogP contribution in [0, 0.1) is 11.3 Å². The molecular weight excluding hydrogens is 718 g/mol. The van der Waals surface area contributed by atoms with E-state index in [9.17, 15) is 39.0 Å². The first-order chi connectivity index (χ1) is 25.8. The normalized spacial score (nSPS) is 14.6. The van der Waals surface area contributed by atoms with Crippen LogP contribution in [0.1, 0.15) is 34.3 Å². The molecule has 4 atom stereocenters. The van der Waals surface area contributed by atoms with E-state index in [4.69, 9.17) is 45.0 Å². The molecular formula is C34H43N5O15. The van der Waals surface area contributed by atoms with E-state index in [0.29, 0.717) is 12.8 Å². The summed E-state index contributed by atoms with van der Waals surface area (Å²) >= 11 is 0. The number of nitrogens with one attached hydrogen (secondary N) is 4. The molecule has 4 unspecified atom stereocenters. The lowest BCUT2D eigenvalue weighted by Gasteiger charge is -2.23. The van der Waals surface area contributed by atoms with Gasteiger partial charge in [-0.2, -0.15) is 0 Å². The van der Waals surface area contributed by atoms with Crippen molar-refractivity contribution in [3.05, 3.63) is 59.2 Å². The zero-order valence-corrected chi connectivity index (χ0v) is 29.0. The summed E-state index contributed by atoms with van der Waals surface area (Å²) in [7, 11) is 0. The molecule has 0 aromatic heterocycles. The van der Waals surface area contributed by atoms with Gasteiger partial charge in [0.2, 0.25) is 0 Å². The van der Waals surface area contributed by atoms with Gasteiger partial charge >= 0.3 is 29.8 Å². The molecule has 0 spiro atoms. The van der Waals surface area contributed by atoms with Crippen LogP contribution in [0.4, 0.5) is 0 Å². The molecule has 10 N–H and O–H groups in total. The number of carboxylic acid groups (broad SMARTS) is 4. The Kier molecular flexibility index (Phi) is 17.1. The molecule has 0 bridgehead atoms. The molecule has 54 heavy (non-hydrogen) atoms. The van der Waals surface area contributed by atoms with Gasteiger partial charge in [-0.15, -0.1) is 0 Å². The molecule has 20 heteroatoms. The fourth-order valence-electron chi connectivity index (χ4n) is 5.22. The van der Waals surface area contributed by atoms with Crippen LogP contribution in [0.15, 0.2) is 42.5 Å². The summed E-state index contributed by atoms with van der Waals surface area (Å²) in [6, 6.07) is 8.74. The molecule has 2 aromatic carbocycles. The average molecular weight is 762 g/mol. The van der Waals surface area contributed by atoms with Gasteiger partial charge in [-0.3, -0.25) is 39.5 Å². The number of esters is 1. The van der Waals surface area contributed by atoms with Crippen molar-refractivity contribution in [1.29, 1.82) is 5.41 Å². The predicted octanol–water partition coefficient (Wildman–Crippen LogP) is -0.580. The lowest BCUT2D eigenvalue weighted by atomic mass is 9.90. The zero-order valence-electron chi connectivity index (χ0n) is 29.0. The van der Waals surface area contributed by atoms with Gasteiger partial charge in [0.25, 0.3) is 0 Å². The maximum atomic E-state index is 13.7. The van der Waals surface area contributed by atoms with E-state index in [1.807, 2.05) is 24.3 Å². The third-order valence-corrected chi connectivity index (χ3v) is 7.77. The van der Waals surface area contributed by atoms with Crippen LogP contribution in [0.3, 0.4) is 0 Å². The SMILES string of the molecule is N=C(N)NC(COC(=O)CNC(CC(=O)O)C(=O)O)OCCOCCNC(C(=O)O)C(C(=O)O)C(=O)c1cccc2c1OCCCc1ccccc1CO2. The minimum Gasteiger partial charge on any atom is -0.489 e. The van der Waals surface area contributed by atoms with Crippen molar-refractivity contribution in [2.75, 3.05) is 46.1 Å². The number of aryl methyl sites for hydroxylation is 1. The van der Waals surface area contributed by atoms with E-state index >= 15 is 0 Å². The van der Waals surface area contributed by atoms with Gasteiger partial charge in [-0.25, -0.2) is 0 Å². The maximum absolute atomic E-state index is 13.7. The molecule has 0 radical (unpaired) electrons. The number of fused-ring (bicyclic) bond motifs is 2. The topological polar surface area (TPSA) is 315 Å². The first-order valence-corrected chi connectivity index (χ1v) is 16.6. The Labute approximate surface area is 308 Å². The number of ether oxygens (including phenoxy) is 5. The summed E-state index contributed by atoms with van der Waals surface area (Å²) in [6.07, 6.45) is -0.638. The molecule has 0 fully saturated rings. The van der Waals surface area contributed by atoms with E-state index in [-0.39, 0.29) is 56.6 Å². The van der Waals surface area contributed by atoms with E-state index in [0.717, 1.165) is 11.1 Å². The summed E-state index contributed by atoms with van der Waals surface area (Å²) in [5, 5.41) is 52.4. The van der Waals surface area contributed by atoms with Crippen molar-refractivity contribution in [2.45, 2.75) is 44.2 Å². The molecule has 0 saturated heterocycles. The number of hydrogen-bond donors (Lipinski definition) is 9. The second-order valence-corrected chi connectivity index (χ2v) is 11.7. The highest BCUT2D eigenvalue weighted by Crippen LogP contribution is 2.35. The third kappa shape index (κ3) is 13.6. The fraction of sp³-hybridized carbons (Fsp3) is 0.441. The Balaban J connectivity index is 1.53. The molecule has 294 valence electrons. The van der Waals surface area contributed by atoms with Gasteiger partial charge in [0.05, 0.1) is 45.0 Å². The monoisotopic (exact) mass is 761 g/mol. The number of nitrogens with two attached hydrogens (primary N) is 1. The number of rotatable bonds is 22. The van der Waals surface area contributed by atoms with Crippen LogP contribution >= 0.6 is 0 Å². The first kappa shape index (κ1) is 42.6. The number of benzene rings is 2. The van der Waals surface area contributed by atoms with Crippen molar-refractivity contribution in [1.82, 2.24) is 16.0 Å². The summed E-state index contributed by atoms with van der Waals surface area (Å²) < 4.78 is 27.7. The van der Waals surface area contributed by atoms with Crippen molar-refractivity contribution in [3.8, 4) is 11.5 Å². The molecule has 20 nitrogen and oxygen atoms in total. The standard InChI is InChI=1S/C34H43N5O15/c35-34(36)39-24(18-54-26(42)16-38-22(31(44)45)15-25(40)41)51-14-13-50-12-10-37-28(33(48)49)27(32(46)47)29(43)21-8-3-9-23-30(21)52-11-4-7-19-5-1-2-6-20(19)17-53-23/h1-3,5-6,8-9,22,24,27-28,37-38H,4,7,10-18H2,(H,40,41)(H,44,45)(H,46,47)(H,48,49)(H4,35,36,39). The van der Waals surface area contributed by atoms with Crippen LogP contribution in [0.2, 0.25) is 0 Å². The lowest BCUT2D eigenvalue weighted by molar-refractivity contribution is -0.150. The molecule has 2 aromatic rings. The van der Waals surface area contributed by atoms with Gasteiger partial charge in [0.1, 0.15) is 31.2 Å². The van der Waals surface area contributed by atoms with Crippen LogP contribution in [-0.4, -0.2) is 126 Å². The van der Waals surface area contributed by atoms with Gasteiger partial charge < -0.3 is 60.5 Å². The number of para-hydroxylation sites is 1. The van der Waals surface area contributed by atoms with Gasteiger partial charge in [-0.05, 0) is 36.1 Å². The number of hydrogen-bond acceptors (Lipinski definition) is 14. The molecule has 3 rings (SSSR count). The van der Waals surface area contributed by atoms with Crippen LogP contribution < -0.4 is 31.2 Å². The molecule has 0 amide bonds. The van der Waals surface area contributed by atoms with Gasteiger partial charge in [0, 0.05) is 6.54 Å². The number of aliphatic carboxylic acids is 4. The molecule has 1 aliphatic heterocycles. The summed E-state index contributed by atoms with van der Waals surface area (Å²) in [5.41, 5.74) is 7.22. The number of guanidine groups is 1. The largest absolute Gasteiger partial charge is 0.489 e. The van der Waals surface area contributed by atoms with Crippen molar-refractivity contribution in [2.24, 2.45) is 11.7 Å². The number of carboxylic acids is 4. The maximum Gasteiger partial charge on any atom is 0.322 e.